The number of nitrogens with one attached hydrogen (secondary N) is 1. The Labute approximate surface area is 90.2 Å². The van der Waals surface area contributed by atoms with Crippen LogP contribution in [0, 0.1) is 0 Å². The minimum absolute atomic E-state index is 0.232. The maximum Gasteiger partial charge on any atom is 0.322 e. The van der Waals surface area contributed by atoms with Crippen molar-refractivity contribution in [2.75, 3.05) is 7.11 Å². The summed E-state index contributed by atoms with van der Waals surface area (Å²) in [6, 6.07) is 3.78. The minimum Gasteiger partial charge on any atom is -0.468 e. The summed E-state index contributed by atoms with van der Waals surface area (Å²) in [5, 5.41) is 3.12. The minimum atomic E-state index is -0.268. The second-order valence-electron chi connectivity index (χ2n) is 3.41. The topological polar surface area (TPSA) is 43.3 Å². The maximum atomic E-state index is 11.1. The van der Waals surface area contributed by atoms with Gasteiger partial charge in [0.05, 0.1) is 7.11 Å². The SMILES string of the molecule is CCn1cccc1CN[C@@H](C)C(=O)OC. The first kappa shape index (κ1) is 11.8. The second-order valence-corrected chi connectivity index (χ2v) is 3.41. The number of carbonyl (C=O) groups excluding carboxylic acids is 1. The summed E-state index contributed by atoms with van der Waals surface area (Å²) in [5.41, 5.74) is 1.17. The largest absolute Gasteiger partial charge is 0.468 e. The van der Waals surface area contributed by atoms with E-state index in [1.54, 1.807) is 6.92 Å². The van der Waals surface area contributed by atoms with Crippen molar-refractivity contribution in [3.8, 4) is 0 Å². The van der Waals surface area contributed by atoms with Crippen LogP contribution >= 0.6 is 0 Å². The quantitative estimate of drug-likeness (QED) is 0.742. The van der Waals surface area contributed by atoms with E-state index in [9.17, 15) is 4.79 Å². The zero-order chi connectivity index (χ0) is 11.3. The van der Waals surface area contributed by atoms with Gasteiger partial charge in [0.25, 0.3) is 0 Å². The summed E-state index contributed by atoms with van der Waals surface area (Å²) in [4.78, 5) is 11.1. The molecular formula is C11H18N2O2. The molecule has 0 amide bonds. The lowest BCUT2D eigenvalue weighted by molar-refractivity contribution is -0.142. The van der Waals surface area contributed by atoms with E-state index < -0.39 is 0 Å². The molecule has 0 saturated heterocycles. The van der Waals surface area contributed by atoms with Crippen molar-refractivity contribution in [3.63, 3.8) is 0 Å². The van der Waals surface area contributed by atoms with E-state index in [1.165, 1.54) is 12.8 Å². The molecule has 1 aromatic rings. The first-order chi connectivity index (χ1) is 7.19. The van der Waals surface area contributed by atoms with Gasteiger partial charge in [0.15, 0.2) is 0 Å². The first-order valence-corrected chi connectivity index (χ1v) is 5.14. The molecule has 0 unspecified atom stereocenters. The fraction of sp³-hybridized carbons (Fsp3) is 0.545. The Bertz CT molecular complexity index is 320. The standard InChI is InChI=1S/C11H18N2O2/c1-4-13-7-5-6-10(13)8-12-9(2)11(14)15-3/h5-7,9,12H,4,8H2,1-3H3/t9-/m0/s1. The fourth-order valence-electron chi connectivity index (χ4n) is 1.44. The van der Waals surface area contributed by atoms with E-state index in [1.807, 2.05) is 18.3 Å². The lowest BCUT2D eigenvalue weighted by atomic mass is 10.3. The van der Waals surface area contributed by atoms with Crippen LogP contribution in [0.2, 0.25) is 0 Å². The molecule has 15 heavy (non-hydrogen) atoms. The molecule has 0 spiro atoms. The predicted octanol–water partition coefficient (Wildman–Crippen LogP) is 1.16. The summed E-state index contributed by atoms with van der Waals surface area (Å²) < 4.78 is 6.77. The van der Waals surface area contributed by atoms with Crippen molar-refractivity contribution in [2.45, 2.75) is 33.0 Å². The number of hydrogen-bond donors (Lipinski definition) is 1. The van der Waals surface area contributed by atoms with Crippen LogP contribution in [0.3, 0.4) is 0 Å². The highest BCUT2D eigenvalue weighted by atomic mass is 16.5. The van der Waals surface area contributed by atoms with E-state index in [-0.39, 0.29) is 12.0 Å². The van der Waals surface area contributed by atoms with Crippen LogP contribution in [0.25, 0.3) is 0 Å². The normalized spacial score (nSPS) is 12.5. The number of esters is 1. The van der Waals surface area contributed by atoms with Gasteiger partial charge in [0.2, 0.25) is 0 Å². The molecule has 0 aliphatic carbocycles. The molecule has 0 radical (unpaired) electrons. The summed E-state index contributed by atoms with van der Waals surface area (Å²) >= 11 is 0. The van der Waals surface area contributed by atoms with Crippen LogP contribution in [0.5, 0.6) is 0 Å². The third-order valence-corrected chi connectivity index (χ3v) is 2.41. The maximum absolute atomic E-state index is 11.1. The van der Waals surface area contributed by atoms with Crippen molar-refractivity contribution in [1.29, 1.82) is 0 Å². The van der Waals surface area contributed by atoms with Gasteiger partial charge in [-0.25, -0.2) is 0 Å². The number of aryl methyl sites for hydroxylation is 1. The van der Waals surface area contributed by atoms with E-state index >= 15 is 0 Å². The molecule has 1 rings (SSSR count). The van der Waals surface area contributed by atoms with Gasteiger partial charge < -0.3 is 9.30 Å². The van der Waals surface area contributed by atoms with Gasteiger partial charge in [-0.1, -0.05) is 0 Å². The fourth-order valence-corrected chi connectivity index (χ4v) is 1.44. The van der Waals surface area contributed by atoms with Crippen LogP contribution < -0.4 is 5.32 Å². The number of hydrogen-bond acceptors (Lipinski definition) is 3. The van der Waals surface area contributed by atoms with Gasteiger partial charge in [-0.2, -0.15) is 0 Å². The average molecular weight is 210 g/mol. The van der Waals surface area contributed by atoms with Crippen LogP contribution in [0.15, 0.2) is 18.3 Å². The third-order valence-electron chi connectivity index (χ3n) is 2.41. The Morgan fingerprint density at radius 3 is 3.00 bits per heavy atom. The molecule has 0 fully saturated rings. The highest BCUT2D eigenvalue weighted by Gasteiger charge is 2.12. The Morgan fingerprint density at radius 2 is 2.40 bits per heavy atom. The van der Waals surface area contributed by atoms with Crippen molar-refractivity contribution >= 4 is 5.97 Å². The number of nitrogens with zero attached hydrogens (tertiary/aromatic N) is 1. The van der Waals surface area contributed by atoms with Gasteiger partial charge in [-0.05, 0) is 26.0 Å². The van der Waals surface area contributed by atoms with Crippen molar-refractivity contribution in [3.05, 3.63) is 24.0 Å². The van der Waals surface area contributed by atoms with Gasteiger partial charge in [-0.3, -0.25) is 10.1 Å². The number of methoxy groups -OCH3 is 1. The molecule has 0 aliphatic heterocycles. The average Bonchev–Trinajstić information content (AvgIpc) is 2.71. The summed E-state index contributed by atoms with van der Waals surface area (Å²) in [6.45, 7) is 5.51. The van der Waals surface area contributed by atoms with Crippen molar-refractivity contribution in [1.82, 2.24) is 9.88 Å². The Morgan fingerprint density at radius 1 is 1.67 bits per heavy atom. The van der Waals surface area contributed by atoms with Gasteiger partial charge >= 0.3 is 5.97 Å². The zero-order valence-corrected chi connectivity index (χ0v) is 9.49. The third kappa shape index (κ3) is 3.09. The zero-order valence-electron chi connectivity index (χ0n) is 9.49. The molecule has 0 bridgehead atoms. The highest BCUT2D eigenvalue weighted by molar-refractivity contribution is 5.75. The van der Waals surface area contributed by atoms with E-state index in [0.717, 1.165) is 6.54 Å². The molecular weight excluding hydrogens is 192 g/mol. The van der Waals surface area contributed by atoms with Gasteiger partial charge in [0, 0.05) is 25.0 Å². The lowest BCUT2D eigenvalue weighted by Crippen LogP contribution is -2.34. The highest BCUT2D eigenvalue weighted by Crippen LogP contribution is 2.02. The second kappa shape index (κ2) is 5.56. The molecule has 1 heterocycles. The molecule has 4 heteroatoms. The van der Waals surface area contributed by atoms with Crippen LogP contribution in [-0.4, -0.2) is 23.7 Å². The van der Waals surface area contributed by atoms with Gasteiger partial charge in [0.1, 0.15) is 6.04 Å². The summed E-state index contributed by atoms with van der Waals surface area (Å²) in [5.74, 6) is -0.232. The molecule has 0 aliphatic rings. The summed E-state index contributed by atoms with van der Waals surface area (Å²) in [6.07, 6.45) is 2.03. The Hall–Kier alpha value is -1.29. The van der Waals surface area contributed by atoms with Crippen LogP contribution in [0.1, 0.15) is 19.5 Å². The Kier molecular flexibility index (Phi) is 4.37. The molecule has 1 aromatic heterocycles. The smallest absolute Gasteiger partial charge is 0.322 e. The Balaban J connectivity index is 2.46. The van der Waals surface area contributed by atoms with Crippen molar-refractivity contribution in [2.24, 2.45) is 0 Å². The van der Waals surface area contributed by atoms with E-state index in [0.29, 0.717) is 6.54 Å². The molecule has 0 aromatic carbocycles. The van der Waals surface area contributed by atoms with Gasteiger partial charge in [-0.15, -0.1) is 0 Å². The molecule has 84 valence electrons. The lowest BCUT2D eigenvalue weighted by Gasteiger charge is -2.12. The first-order valence-electron chi connectivity index (χ1n) is 5.14. The van der Waals surface area contributed by atoms with E-state index in [4.69, 9.17) is 0 Å². The molecule has 1 N–H and O–H groups in total. The molecule has 4 nitrogen and oxygen atoms in total. The number of rotatable bonds is 5. The van der Waals surface area contributed by atoms with E-state index in [2.05, 4.69) is 21.5 Å². The summed E-state index contributed by atoms with van der Waals surface area (Å²) in [7, 11) is 1.40. The number of ether oxygens (including phenoxy) is 1. The number of aromatic nitrogens is 1. The van der Waals surface area contributed by atoms with Crippen LogP contribution in [0.4, 0.5) is 0 Å². The predicted molar refractivity (Wildman–Crippen MR) is 58.4 cm³/mol. The van der Waals surface area contributed by atoms with Crippen molar-refractivity contribution < 1.29 is 9.53 Å². The molecule has 0 saturated carbocycles. The monoisotopic (exact) mass is 210 g/mol. The van der Waals surface area contributed by atoms with Crippen LogP contribution in [-0.2, 0) is 22.6 Å². The molecule has 1 atom stereocenters. The number of carbonyl (C=O) groups is 1.